The van der Waals surface area contributed by atoms with Gasteiger partial charge in [0.15, 0.2) is 0 Å². The molecule has 0 unspecified atom stereocenters. The van der Waals surface area contributed by atoms with Crippen LogP contribution in [0.1, 0.15) is 23.2 Å². The number of nitrogens with one attached hydrogen (secondary N) is 1. The van der Waals surface area contributed by atoms with E-state index in [9.17, 15) is 9.59 Å². The van der Waals surface area contributed by atoms with Crippen molar-refractivity contribution in [2.75, 3.05) is 23.3 Å². The average molecular weight is 456 g/mol. The number of carbonyl (C=O) groups excluding carboxylic acids is 2. The maximum Gasteiger partial charge on any atom is 0.227 e. The number of hydrogen-bond acceptors (Lipinski definition) is 3. The van der Waals surface area contributed by atoms with Crippen LogP contribution in [0.25, 0.3) is 0 Å². The number of nitrogens with zero attached hydrogens (tertiary/aromatic N) is 1. The smallest absolute Gasteiger partial charge is 0.227 e. The number of halogens is 3. The first-order valence-corrected chi connectivity index (χ1v) is 9.78. The van der Waals surface area contributed by atoms with Gasteiger partial charge in [0.1, 0.15) is 6.29 Å². The largest absolute Gasteiger partial charge is 0.371 e. The van der Waals surface area contributed by atoms with E-state index in [2.05, 4.69) is 26.1 Å². The lowest BCUT2D eigenvalue weighted by atomic mass is 9.95. The van der Waals surface area contributed by atoms with Crippen LogP contribution in [0.3, 0.4) is 0 Å². The van der Waals surface area contributed by atoms with Crippen molar-refractivity contribution < 1.29 is 9.59 Å². The second-order valence-electron chi connectivity index (χ2n) is 6.20. The highest BCUT2D eigenvalue weighted by atomic mass is 79.9. The lowest BCUT2D eigenvalue weighted by molar-refractivity contribution is -0.120. The molecule has 0 saturated carbocycles. The summed E-state index contributed by atoms with van der Waals surface area (Å²) < 4.78 is 0.663. The summed E-state index contributed by atoms with van der Waals surface area (Å²) in [4.78, 5) is 25.6. The van der Waals surface area contributed by atoms with Crippen LogP contribution in [0.2, 0.25) is 10.0 Å². The highest BCUT2D eigenvalue weighted by Gasteiger charge is 2.26. The van der Waals surface area contributed by atoms with Crippen molar-refractivity contribution in [2.24, 2.45) is 5.92 Å². The van der Waals surface area contributed by atoms with Gasteiger partial charge in [-0.05, 0) is 65.2 Å². The van der Waals surface area contributed by atoms with Gasteiger partial charge in [0.2, 0.25) is 5.91 Å². The lowest BCUT2D eigenvalue weighted by Crippen LogP contribution is -2.38. The summed E-state index contributed by atoms with van der Waals surface area (Å²) in [5, 5.41) is 3.83. The molecule has 1 fully saturated rings. The first-order valence-electron chi connectivity index (χ1n) is 8.23. The van der Waals surface area contributed by atoms with Crippen molar-refractivity contribution >= 4 is 62.7 Å². The molecule has 0 spiro atoms. The van der Waals surface area contributed by atoms with E-state index >= 15 is 0 Å². The van der Waals surface area contributed by atoms with Crippen LogP contribution in [0.15, 0.2) is 40.9 Å². The highest BCUT2D eigenvalue weighted by molar-refractivity contribution is 9.10. The lowest BCUT2D eigenvalue weighted by Gasteiger charge is -2.33. The molecule has 4 nitrogen and oxygen atoms in total. The number of aldehydes is 1. The van der Waals surface area contributed by atoms with Crippen LogP contribution in [0, 0.1) is 5.92 Å². The number of anilines is 2. The molecule has 2 aromatic rings. The Morgan fingerprint density at radius 3 is 2.38 bits per heavy atom. The van der Waals surface area contributed by atoms with Crippen molar-refractivity contribution in [3.8, 4) is 0 Å². The minimum absolute atomic E-state index is 0.0362. The summed E-state index contributed by atoms with van der Waals surface area (Å²) in [6.45, 7) is 1.57. The normalized spacial score (nSPS) is 15.0. The molecule has 1 aliphatic rings. The Morgan fingerprint density at radius 1 is 1.15 bits per heavy atom. The monoisotopic (exact) mass is 454 g/mol. The Hall–Kier alpha value is -1.56. The molecule has 0 aromatic heterocycles. The quantitative estimate of drug-likeness (QED) is 0.625. The topological polar surface area (TPSA) is 49.4 Å². The molecule has 1 amide bonds. The molecule has 3 rings (SSSR count). The number of rotatable bonds is 4. The molecule has 1 heterocycles. The zero-order valence-electron chi connectivity index (χ0n) is 13.8. The Kier molecular flexibility index (Phi) is 6.22. The number of amides is 1. The molecule has 0 aliphatic carbocycles. The Labute approximate surface area is 170 Å². The van der Waals surface area contributed by atoms with E-state index in [4.69, 9.17) is 23.2 Å². The molecule has 0 atom stereocenters. The van der Waals surface area contributed by atoms with Crippen molar-refractivity contribution in [2.45, 2.75) is 12.8 Å². The van der Waals surface area contributed by atoms with E-state index in [-0.39, 0.29) is 11.8 Å². The van der Waals surface area contributed by atoms with Gasteiger partial charge >= 0.3 is 0 Å². The molecule has 1 N–H and O–H groups in total. The summed E-state index contributed by atoms with van der Waals surface area (Å²) >= 11 is 15.5. The molecule has 0 radical (unpaired) electrons. The van der Waals surface area contributed by atoms with Gasteiger partial charge in [0.25, 0.3) is 0 Å². The third-order valence-corrected chi connectivity index (χ3v) is 5.66. The molecule has 1 aliphatic heterocycles. The van der Waals surface area contributed by atoms with Crippen molar-refractivity contribution in [1.29, 1.82) is 0 Å². The Balaban J connectivity index is 1.61. The summed E-state index contributed by atoms with van der Waals surface area (Å²) in [7, 11) is 0. The molecule has 26 heavy (non-hydrogen) atoms. The second kappa shape index (κ2) is 8.42. The minimum atomic E-state index is -0.0702. The standard InChI is InChI=1S/C19H17BrCl2N2O2/c20-16-9-14(21)10-17(22)18(16)23-19(26)13-5-7-24(8-6-13)15-3-1-12(11-25)2-4-15/h1-4,9-11,13H,5-8H2,(H,23,26). The summed E-state index contributed by atoms with van der Waals surface area (Å²) in [6.07, 6.45) is 2.34. The summed E-state index contributed by atoms with van der Waals surface area (Å²) in [6, 6.07) is 10.8. The van der Waals surface area contributed by atoms with Gasteiger partial charge < -0.3 is 10.2 Å². The maximum atomic E-state index is 12.6. The number of carbonyl (C=O) groups is 2. The van der Waals surface area contributed by atoms with Gasteiger partial charge in [-0.25, -0.2) is 0 Å². The third kappa shape index (κ3) is 4.40. The van der Waals surface area contributed by atoms with E-state index in [0.717, 1.165) is 37.9 Å². The van der Waals surface area contributed by atoms with Crippen molar-refractivity contribution in [3.05, 3.63) is 56.5 Å². The second-order valence-corrected chi connectivity index (χ2v) is 7.90. The third-order valence-electron chi connectivity index (χ3n) is 4.52. The molecule has 1 saturated heterocycles. The van der Waals surface area contributed by atoms with Crippen LogP contribution in [-0.2, 0) is 4.79 Å². The van der Waals surface area contributed by atoms with Gasteiger partial charge in [0.05, 0.1) is 10.7 Å². The van der Waals surface area contributed by atoms with Gasteiger partial charge in [-0.15, -0.1) is 0 Å². The molecule has 2 aromatic carbocycles. The Morgan fingerprint density at radius 2 is 1.81 bits per heavy atom. The van der Waals surface area contributed by atoms with Gasteiger partial charge in [-0.3, -0.25) is 9.59 Å². The van der Waals surface area contributed by atoms with Crippen molar-refractivity contribution in [1.82, 2.24) is 0 Å². The molecule has 136 valence electrons. The van der Waals surface area contributed by atoms with E-state index in [1.807, 2.05) is 12.1 Å². The van der Waals surface area contributed by atoms with E-state index < -0.39 is 0 Å². The number of hydrogen-bond donors (Lipinski definition) is 1. The maximum absolute atomic E-state index is 12.6. The molecular formula is C19H17BrCl2N2O2. The zero-order chi connectivity index (χ0) is 18.7. The zero-order valence-corrected chi connectivity index (χ0v) is 16.9. The first-order chi connectivity index (χ1) is 12.5. The van der Waals surface area contributed by atoms with Crippen LogP contribution < -0.4 is 10.2 Å². The van der Waals surface area contributed by atoms with E-state index in [1.54, 1.807) is 24.3 Å². The van der Waals surface area contributed by atoms with Gasteiger partial charge in [-0.1, -0.05) is 23.2 Å². The fourth-order valence-corrected chi connectivity index (χ4v) is 4.40. The molecular weight excluding hydrogens is 439 g/mol. The molecule has 7 heteroatoms. The van der Waals surface area contributed by atoms with Crippen LogP contribution >= 0.6 is 39.1 Å². The fourth-order valence-electron chi connectivity index (χ4n) is 3.05. The molecule has 0 bridgehead atoms. The predicted molar refractivity (Wildman–Crippen MR) is 110 cm³/mol. The van der Waals surface area contributed by atoms with Crippen molar-refractivity contribution in [3.63, 3.8) is 0 Å². The van der Waals surface area contributed by atoms with E-state index in [0.29, 0.717) is 25.8 Å². The number of piperidine rings is 1. The highest BCUT2D eigenvalue weighted by Crippen LogP contribution is 2.35. The SMILES string of the molecule is O=Cc1ccc(N2CCC(C(=O)Nc3c(Cl)cc(Cl)cc3Br)CC2)cc1. The predicted octanol–water partition coefficient (Wildman–Crippen LogP) is 5.42. The Bertz CT molecular complexity index is 796. The summed E-state index contributed by atoms with van der Waals surface area (Å²) in [5.41, 5.74) is 2.28. The summed E-state index contributed by atoms with van der Waals surface area (Å²) in [5.74, 6) is -0.106. The van der Waals surface area contributed by atoms with Crippen LogP contribution in [0.5, 0.6) is 0 Å². The first kappa shape index (κ1) is 19.2. The minimum Gasteiger partial charge on any atom is -0.371 e. The van der Waals surface area contributed by atoms with E-state index in [1.165, 1.54) is 0 Å². The van der Waals surface area contributed by atoms with Crippen LogP contribution in [-0.4, -0.2) is 25.3 Å². The van der Waals surface area contributed by atoms with Crippen LogP contribution in [0.4, 0.5) is 11.4 Å². The van der Waals surface area contributed by atoms with Gasteiger partial charge in [0, 0.05) is 39.8 Å². The average Bonchev–Trinajstić information content (AvgIpc) is 2.64. The van der Waals surface area contributed by atoms with Gasteiger partial charge in [-0.2, -0.15) is 0 Å². The fraction of sp³-hybridized carbons (Fsp3) is 0.263. The number of benzene rings is 2.